The van der Waals surface area contributed by atoms with Crippen molar-refractivity contribution in [2.45, 2.75) is 24.6 Å². The summed E-state index contributed by atoms with van der Waals surface area (Å²) in [5.74, 6) is 0.886. The maximum absolute atomic E-state index is 10.6. The van der Waals surface area contributed by atoms with Crippen molar-refractivity contribution in [3.05, 3.63) is 29.0 Å². The van der Waals surface area contributed by atoms with Gasteiger partial charge in [-0.2, -0.15) is 0 Å². The van der Waals surface area contributed by atoms with Crippen LogP contribution in [0.15, 0.2) is 18.2 Å². The second kappa shape index (κ2) is 5.06. The van der Waals surface area contributed by atoms with Gasteiger partial charge >= 0.3 is 5.97 Å². The van der Waals surface area contributed by atoms with E-state index < -0.39 is 5.97 Å². The Kier molecular flexibility index (Phi) is 3.41. The van der Waals surface area contributed by atoms with Crippen LogP contribution in [0.25, 0.3) is 11.0 Å². The van der Waals surface area contributed by atoms with E-state index in [0.717, 1.165) is 29.7 Å². The number of carboxylic acid groups (broad SMARTS) is 1. The number of aromatic nitrogens is 2. The van der Waals surface area contributed by atoms with Gasteiger partial charge in [0.1, 0.15) is 5.82 Å². The topological polar surface area (TPSA) is 55.1 Å². The van der Waals surface area contributed by atoms with Crippen LogP contribution in [0.2, 0.25) is 5.02 Å². The molecule has 1 aromatic carbocycles. The summed E-state index contributed by atoms with van der Waals surface area (Å²) >= 11 is 7.42. The molecule has 0 amide bonds. The molecule has 3 rings (SSSR count). The van der Waals surface area contributed by atoms with E-state index in [1.54, 1.807) is 0 Å². The Morgan fingerprint density at radius 2 is 2.32 bits per heavy atom. The summed E-state index contributed by atoms with van der Waals surface area (Å²) in [6.07, 6.45) is 2.32. The van der Waals surface area contributed by atoms with Crippen LogP contribution in [-0.4, -0.2) is 26.4 Å². The zero-order valence-corrected chi connectivity index (χ0v) is 11.7. The van der Waals surface area contributed by atoms with Gasteiger partial charge in [-0.05, 0) is 31.0 Å². The SMILES string of the molecule is O=C(O)CSCc1nc2ccc(Cl)cc2n1C1CC1. The number of rotatable bonds is 5. The molecule has 2 aromatic rings. The molecule has 0 saturated heterocycles. The van der Waals surface area contributed by atoms with E-state index in [2.05, 4.69) is 9.55 Å². The molecule has 0 radical (unpaired) electrons. The molecule has 1 aromatic heterocycles. The largest absolute Gasteiger partial charge is 0.481 e. The van der Waals surface area contributed by atoms with Crippen molar-refractivity contribution < 1.29 is 9.90 Å². The fourth-order valence-electron chi connectivity index (χ4n) is 2.19. The van der Waals surface area contributed by atoms with Crippen LogP contribution in [0.5, 0.6) is 0 Å². The average Bonchev–Trinajstić information content (AvgIpc) is 3.11. The lowest BCUT2D eigenvalue weighted by Gasteiger charge is -2.06. The van der Waals surface area contributed by atoms with E-state index in [-0.39, 0.29) is 5.75 Å². The molecule has 0 unspecified atom stereocenters. The minimum Gasteiger partial charge on any atom is -0.481 e. The van der Waals surface area contributed by atoms with Crippen LogP contribution in [0.4, 0.5) is 0 Å². The van der Waals surface area contributed by atoms with Gasteiger partial charge in [0, 0.05) is 11.1 Å². The molecule has 100 valence electrons. The lowest BCUT2D eigenvalue weighted by molar-refractivity contribution is -0.133. The van der Waals surface area contributed by atoms with Gasteiger partial charge in [-0.1, -0.05) is 11.6 Å². The number of nitrogens with zero attached hydrogens (tertiary/aromatic N) is 2. The number of hydrogen-bond donors (Lipinski definition) is 1. The summed E-state index contributed by atoms with van der Waals surface area (Å²) < 4.78 is 2.22. The highest BCUT2D eigenvalue weighted by molar-refractivity contribution is 7.99. The maximum Gasteiger partial charge on any atom is 0.313 e. The summed E-state index contributed by atoms with van der Waals surface area (Å²) in [4.78, 5) is 15.2. The van der Waals surface area contributed by atoms with E-state index in [4.69, 9.17) is 16.7 Å². The zero-order valence-electron chi connectivity index (χ0n) is 10.2. The molecule has 1 saturated carbocycles. The molecule has 1 aliphatic rings. The molecule has 0 bridgehead atoms. The van der Waals surface area contributed by atoms with Crippen LogP contribution in [0, 0.1) is 0 Å². The molecule has 6 heteroatoms. The molecular weight excluding hydrogens is 284 g/mol. The lowest BCUT2D eigenvalue weighted by Crippen LogP contribution is -2.03. The van der Waals surface area contributed by atoms with Crippen molar-refractivity contribution in [1.29, 1.82) is 0 Å². The fraction of sp³-hybridized carbons (Fsp3) is 0.385. The standard InChI is InChI=1S/C13H13ClN2O2S/c14-8-1-4-10-11(5-8)16(9-2-3-9)12(15-10)6-19-7-13(17)18/h1,4-5,9H,2-3,6-7H2,(H,17,18). The first-order chi connectivity index (χ1) is 9.15. The first-order valence-corrected chi connectivity index (χ1v) is 7.64. The van der Waals surface area contributed by atoms with Crippen molar-refractivity contribution in [1.82, 2.24) is 9.55 Å². The zero-order chi connectivity index (χ0) is 13.4. The predicted octanol–water partition coefficient (Wildman–Crippen LogP) is 3.34. The van der Waals surface area contributed by atoms with E-state index in [1.807, 2.05) is 18.2 Å². The highest BCUT2D eigenvalue weighted by Gasteiger charge is 2.28. The first kappa shape index (κ1) is 12.8. The Hall–Kier alpha value is -1.20. The van der Waals surface area contributed by atoms with Crippen LogP contribution in [0.1, 0.15) is 24.7 Å². The summed E-state index contributed by atoms with van der Waals surface area (Å²) in [5, 5.41) is 9.40. The number of fused-ring (bicyclic) bond motifs is 1. The van der Waals surface area contributed by atoms with Crippen molar-refractivity contribution in [2.75, 3.05) is 5.75 Å². The van der Waals surface area contributed by atoms with Crippen molar-refractivity contribution in [3.63, 3.8) is 0 Å². The second-order valence-electron chi connectivity index (χ2n) is 4.65. The molecule has 1 aliphatic carbocycles. The fourth-order valence-corrected chi connectivity index (χ4v) is 3.02. The van der Waals surface area contributed by atoms with E-state index in [1.165, 1.54) is 11.8 Å². The van der Waals surface area contributed by atoms with Crippen molar-refractivity contribution in [3.8, 4) is 0 Å². The van der Waals surface area contributed by atoms with E-state index >= 15 is 0 Å². The van der Waals surface area contributed by atoms with Gasteiger partial charge in [0.2, 0.25) is 0 Å². The number of carboxylic acids is 1. The third-order valence-corrected chi connectivity index (χ3v) is 4.24. The quantitative estimate of drug-likeness (QED) is 0.919. The van der Waals surface area contributed by atoms with Gasteiger partial charge in [0.25, 0.3) is 0 Å². The van der Waals surface area contributed by atoms with Crippen molar-refractivity contribution in [2.24, 2.45) is 0 Å². The summed E-state index contributed by atoms with van der Waals surface area (Å²) in [5.41, 5.74) is 1.99. The van der Waals surface area contributed by atoms with E-state index in [0.29, 0.717) is 16.8 Å². The van der Waals surface area contributed by atoms with Crippen LogP contribution >= 0.6 is 23.4 Å². The minimum atomic E-state index is -0.790. The van der Waals surface area contributed by atoms with Gasteiger partial charge in [0.15, 0.2) is 0 Å². The molecule has 0 spiro atoms. The van der Waals surface area contributed by atoms with E-state index in [9.17, 15) is 4.79 Å². The normalized spacial score (nSPS) is 15.0. The number of imidazole rings is 1. The van der Waals surface area contributed by atoms with Crippen molar-refractivity contribution >= 4 is 40.4 Å². The first-order valence-electron chi connectivity index (χ1n) is 6.11. The lowest BCUT2D eigenvalue weighted by atomic mass is 10.3. The smallest absolute Gasteiger partial charge is 0.313 e. The number of hydrogen-bond acceptors (Lipinski definition) is 3. The summed E-state index contributed by atoms with van der Waals surface area (Å²) in [6, 6.07) is 6.20. The second-order valence-corrected chi connectivity index (χ2v) is 6.07. The molecule has 0 aliphatic heterocycles. The molecular formula is C13H13ClN2O2S. The van der Waals surface area contributed by atoms with Crippen LogP contribution in [0.3, 0.4) is 0 Å². The number of aliphatic carboxylic acids is 1. The van der Waals surface area contributed by atoms with Gasteiger partial charge < -0.3 is 9.67 Å². The third kappa shape index (κ3) is 2.72. The molecule has 0 atom stereocenters. The Morgan fingerprint density at radius 1 is 1.53 bits per heavy atom. The monoisotopic (exact) mass is 296 g/mol. The minimum absolute atomic E-state index is 0.106. The highest BCUT2D eigenvalue weighted by atomic mass is 35.5. The molecule has 4 nitrogen and oxygen atoms in total. The third-order valence-electron chi connectivity index (χ3n) is 3.09. The van der Waals surface area contributed by atoms with Gasteiger partial charge in [-0.15, -0.1) is 11.8 Å². The Balaban J connectivity index is 1.93. The summed E-state index contributed by atoms with van der Waals surface area (Å²) in [6.45, 7) is 0. The number of carbonyl (C=O) groups is 1. The van der Waals surface area contributed by atoms with Gasteiger partial charge in [0.05, 0.1) is 22.5 Å². The van der Waals surface area contributed by atoms with Crippen LogP contribution in [-0.2, 0) is 10.5 Å². The highest BCUT2D eigenvalue weighted by Crippen LogP contribution is 2.39. The Morgan fingerprint density at radius 3 is 3.00 bits per heavy atom. The Labute approximate surface area is 119 Å². The maximum atomic E-state index is 10.6. The number of benzene rings is 1. The van der Waals surface area contributed by atoms with Gasteiger partial charge in [-0.25, -0.2) is 4.98 Å². The molecule has 1 heterocycles. The van der Waals surface area contributed by atoms with Gasteiger partial charge in [-0.3, -0.25) is 4.79 Å². The molecule has 1 N–H and O–H groups in total. The number of thioether (sulfide) groups is 1. The summed E-state index contributed by atoms with van der Waals surface area (Å²) in [7, 11) is 0. The molecule has 1 fully saturated rings. The average molecular weight is 297 g/mol. The predicted molar refractivity (Wildman–Crippen MR) is 76.8 cm³/mol. The Bertz CT molecular complexity index is 637. The molecule has 19 heavy (non-hydrogen) atoms. The van der Waals surface area contributed by atoms with Crippen LogP contribution < -0.4 is 0 Å². The number of halogens is 1.